The van der Waals surface area contributed by atoms with Gasteiger partial charge in [-0.25, -0.2) is 9.59 Å². The van der Waals surface area contributed by atoms with Crippen molar-refractivity contribution in [3.05, 3.63) is 35.4 Å². The van der Waals surface area contributed by atoms with Crippen LogP contribution >= 0.6 is 0 Å². The zero-order valence-corrected chi connectivity index (χ0v) is 25.4. The van der Waals surface area contributed by atoms with Crippen LogP contribution < -0.4 is 4.74 Å². The highest BCUT2D eigenvalue weighted by molar-refractivity contribution is 6.17. The normalized spacial score (nSPS) is 27.3. The number of piperidine rings is 2. The van der Waals surface area contributed by atoms with Gasteiger partial charge in [-0.15, -0.1) is 6.42 Å². The standard InChI is InChI=1S/C32H46N2O5/c1-12-32(8)21-25(20-31(6,7)34(32)10)39-28(36)26(17-22-13-15-23(37-11)16-14-22)27(35)38-24-18-29(2,3)33(9)30(4,5)19-24/h1,13-17,24-25H,18-21H2,2-11H3/b26-17+. The summed E-state index contributed by atoms with van der Waals surface area (Å²) in [5.41, 5.74) is -0.692. The molecule has 2 saturated heterocycles. The molecule has 2 fully saturated rings. The molecule has 2 aliphatic heterocycles. The first-order valence-corrected chi connectivity index (χ1v) is 13.7. The van der Waals surface area contributed by atoms with Gasteiger partial charge < -0.3 is 14.2 Å². The average Bonchev–Trinajstić information content (AvgIpc) is 2.84. The van der Waals surface area contributed by atoms with Crippen molar-refractivity contribution in [2.75, 3.05) is 21.2 Å². The maximum absolute atomic E-state index is 13.6. The van der Waals surface area contributed by atoms with Crippen LogP contribution in [0.2, 0.25) is 0 Å². The van der Waals surface area contributed by atoms with Gasteiger partial charge in [0.15, 0.2) is 0 Å². The molecule has 0 spiro atoms. The third-order valence-corrected chi connectivity index (χ3v) is 9.00. The molecule has 1 aromatic rings. The van der Waals surface area contributed by atoms with Crippen molar-refractivity contribution in [3.8, 4) is 18.1 Å². The van der Waals surface area contributed by atoms with E-state index < -0.39 is 23.6 Å². The van der Waals surface area contributed by atoms with Gasteiger partial charge >= 0.3 is 11.9 Å². The van der Waals surface area contributed by atoms with E-state index in [4.69, 9.17) is 20.6 Å². The number of hydrogen-bond acceptors (Lipinski definition) is 7. The molecular weight excluding hydrogens is 492 g/mol. The molecular formula is C32H46N2O5. The summed E-state index contributed by atoms with van der Waals surface area (Å²) in [6.45, 7) is 14.7. The molecule has 2 atom stereocenters. The van der Waals surface area contributed by atoms with Gasteiger partial charge in [-0.1, -0.05) is 18.1 Å². The number of rotatable bonds is 6. The van der Waals surface area contributed by atoms with Crippen LogP contribution in [0.15, 0.2) is 29.8 Å². The third-order valence-electron chi connectivity index (χ3n) is 9.00. The molecule has 0 saturated carbocycles. The van der Waals surface area contributed by atoms with E-state index in [1.54, 1.807) is 31.4 Å². The van der Waals surface area contributed by atoms with Gasteiger partial charge in [-0.3, -0.25) is 9.80 Å². The minimum absolute atomic E-state index is 0.131. The average molecular weight is 539 g/mol. The fourth-order valence-electron chi connectivity index (χ4n) is 6.11. The predicted molar refractivity (Wildman–Crippen MR) is 154 cm³/mol. The van der Waals surface area contributed by atoms with Gasteiger partial charge in [0, 0.05) is 42.3 Å². The van der Waals surface area contributed by atoms with Crippen molar-refractivity contribution in [1.82, 2.24) is 9.80 Å². The highest BCUT2D eigenvalue weighted by atomic mass is 16.6. The predicted octanol–water partition coefficient (Wildman–Crippen LogP) is 5.08. The summed E-state index contributed by atoms with van der Waals surface area (Å²) in [6.07, 6.45) is 9.04. The summed E-state index contributed by atoms with van der Waals surface area (Å²) in [5.74, 6) is 2.18. The summed E-state index contributed by atoms with van der Waals surface area (Å²) >= 11 is 0. The number of esters is 2. The molecule has 0 radical (unpaired) electrons. The van der Waals surface area contributed by atoms with E-state index in [2.05, 4.69) is 64.3 Å². The first-order valence-electron chi connectivity index (χ1n) is 13.7. The molecule has 7 nitrogen and oxygen atoms in total. The molecule has 214 valence electrons. The van der Waals surface area contributed by atoms with Crippen molar-refractivity contribution in [3.63, 3.8) is 0 Å². The third kappa shape index (κ3) is 6.67. The zero-order valence-electron chi connectivity index (χ0n) is 25.4. The Hall–Kier alpha value is -2.82. The van der Waals surface area contributed by atoms with Gasteiger partial charge in [0.05, 0.1) is 12.6 Å². The van der Waals surface area contributed by atoms with Crippen molar-refractivity contribution in [2.24, 2.45) is 0 Å². The molecule has 39 heavy (non-hydrogen) atoms. The van der Waals surface area contributed by atoms with E-state index in [9.17, 15) is 9.59 Å². The largest absolute Gasteiger partial charge is 0.497 e. The number of terminal acetylenes is 1. The molecule has 0 aliphatic carbocycles. The molecule has 3 rings (SSSR count). The minimum Gasteiger partial charge on any atom is -0.497 e. The Kier molecular flexibility index (Phi) is 8.65. The van der Waals surface area contributed by atoms with Crippen LogP contribution in [0, 0.1) is 12.3 Å². The summed E-state index contributed by atoms with van der Waals surface area (Å²) in [6, 6.07) is 7.13. The Morgan fingerprint density at radius 3 is 1.69 bits per heavy atom. The van der Waals surface area contributed by atoms with Crippen LogP contribution in [0.1, 0.15) is 79.7 Å². The molecule has 0 aromatic heterocycles. The van der Waals surface area contributed by atoms with E-state index in [1.807, 2.05) is 14.0 Å². The Labute approximate surface area is 234 Å². The van der Waals surface area contributed by atoms with Gasteiger partial charge in [0.2, 0.25) is 0 Å². The quantitative estimate of drug-likeness (QED) is 0.164. The highest BCUT2D eigenvalue weighted by Gasteiger charge is 2.47. The van der Waals surface area contributed by atoms with Gasteiger partial charge in [0.25, 0.3) is 0 Å². The second-order valence-electron chi connectivity index (χ2n) is 13.2. The van der Waals surface area contributed by atoms with E-state index in [-0.39, 0.29) is 28.3 Å². The lowest BCUT2D eigenvalue weighted by atomic mass is 9.78. The smallest absolute Gasteiger partial charge is 0.345 e. The number of carbonyl (C=O) groups excluding carboxylic acids is 2. The second-order valence-corrected chi connectivity index (χ2v) is 13.2. The van der Waals surface area contributed by atoms with Gasteiger partial charge in [-0.2, -0.15) is 0 Å². The minimum atomic E-state index is -0.702. The Morgan fingerprint density at radius 1 is 0.821 bits per heavy atom. The van der Waals surface area contributed by atoms with E-state index in [0.717, 1.165) is 0 Å². The van der Waals surface area contributed by atoms with Crippen molar-refractivity contribution < 1.29 is 23.8 Å². The number of hydrogen-bond donors (Lipinski definition) is 0. The lowest BCUT2D eigenvalue weighted by molar-refractivity contribution is -0.161. The topological polar surface area (TPSA) is 68.3 Å². The SMILES string of the molecule is C#CC1(C)CC(OC(=O)/C(=C/c2ccc(OC)cc2)C(=O)OC2CC(C)(C)N(C)C(C)(C)C2)CC(C)(C)N1C. The lowest BCUT2D eigenvalue weighted by Gasteiger charge is -2.53. The first kappa shape index (κ1) is 30.7. The lowest BCUT2D eigenvalue weighted by Crippen LogP contribution is -2.61. The van der Waals surface area contributed by atoms with Crippen LogP contribution in [0.5, 0.6) is 5.75 Å². The summed E-state index contributed by atoms with van der Waals surface area (Å²) in [7, 11) is 5.68. The Balaban J connectivity index is 1.89. The number of benzene rings is 1. The van der Waals surface area contributed by atoms with Crippen LogP contribution in [0.25, 0.3) is 6.08 Å². The fraction of sp³-hybridized carbons (Fsp3) is 0.625. The van der Waals surface area contributed by atoms with Gasteiger partial charge in [-0.05, 0) is 86.3 Å². The molecule has 0 N–H and O–H groups in total. The maximum Gasteiger partial charge on any atom is 0.345 e. The molecule has 7 heteroatoms. The molecule has 0 bridgehead atoms. The Bertz CT molecular complexity index is 1130. The van der Waals surface area contributed by atoms with Crippen molar-refractivity contribution in [2.45, 2.75) is 109 Å². The van der Waals surface area contributed by atoms with Crippen LogP contribution in [0.4, 0.5) is 0 Å². The molecule has 0 amide bonds. The maximum atomic E-state index is 13.6. The summed E-state index contributed by atoms with van der Waals surface area (Å²) in [4.78, 5) is 31.7. The first-order chi connectivity index (χ1) is 17.9. The van der Waals surface area contributed by atoms with Crippen LogP contribution in [-0.2, 0) is 19.1 Å². The van der Waals surface area contributed by atoms with Crippen LogP contribution in [-0.4, -0.2) is 77.3 Å². The number of methoxy groups -OCH3 is 1. The van der Waals surface area contributed by atoms with E-state index in [0.29, 0.717) is 37.0 Å². The van der Waals surface area contributed by atoms with Crippen molar-refractivity contribution >= 4 is 18.0 Å². The number of carbonyl (C=O) groups is 2. The molecule has 1 aromatic carbocycles. The van der Waals surface area contributed by atoms with Crippen LogP contribution in [0.3, 0.4) is 0 Å². The molecule has 2 heterocycles. The van der Waals surface area contributed by atoms with E-state index in [1.165, 1.54) is 6.08 Å². The Morgan fingerprint density at radius 2 is 1.26 bits per heavy atom. The van der Waals surface area contributed by atoms with Gasteiger partial charge in [0.1, 0.15) is 23.5 Å². The van der Waals surface area contributed by atoms with E-state index >= 15 is 0 Å². The van der Waals surface area contributed by atoms with Crippen molar-refractivity contribution in [1.29, 1.82) is 0 Å². The summed E-state index contributed by atoms with van der Waals surface area (Å²) < 4.78 is 17.3. The fourth-order valence-corrected chi connectivity index (χ4v) is 6.11. The number of ether oxygens (including phenoxy) is 3. The zero-order chi connectivity index (χ0) is 29.4. The molecule has 2 unspecified atom stereocenters. The second kappa shape index (κ2) is 11.0. The number of likely N-dealkylation sites (tertiary alicyclic amines) is 2. The highest BCUT2D eigenvalue weighted by Crippen LogP contribution is 2.40. The monoisotopic (exact) mass is 538 g/mol. The molecule has 2 aliphatic rings. The number of nitrogens with zero attached hydrogens (tertiary/aromatic N) is 2. The summed E-state index contributed by atoms with van der Waals surface area (Å²) in [5, 5.41) is 0.